The van der Waals surface area contributed by atoms with E-state index in [1.165, 1.54) is 6.07 Å². The Balaban J connectivity index is 2.03. The average Bonchev–Trinajstić information content (AvgIpc) is 2.70. The lowest BCUT2D eigenvalue weighted by Gasteiger charge is -2.11. The Kier molecular flexibility index (Phi) is 2.95. The van der Waals surface area contributed by atoms with Crippen molar-refractivity contribution in [3.8, 4) is 5.75 Å². The first-order valence-electron chi connectivity index (χ1n) is 5.15. The summed E-state index contributed by atoms with van der Waals surface area (Å²) < 4.78 is 13.0. The average molecular weight is 238 g/mol. The predicted octanol–water partition coefficient (Wildman–Crippen LogP) is 0.748. The first-order chi connectivity index (χ1) is 8.06. The van der Waals surface area contributed by atoms with E-state index in [-0.39, 0.29) is 17.5 Å². The second kappa shape index (κ2) is 4.40. The van der Waals surface area contributed by atoms with Crippen LogP contribution >= 0.6 is 0 Å². The third-order valence-electron chi connectivity index (χ3n) is 2.53. The van der Waals surface area contributed by atoms with E-state index >= 15 is 0 Å². The fourth-order valence-electron chi connectivity index (χ4n) is 1.62. The summed E-state index contributed by atoms with van der Waals surface area (Å²) in [5.41, 5.74) is 0.242. The van der Waals surface area contributed by atoms with Crippen LogP contribution in [0.1, 0.15) is 12.8 Å². The molecule has 1 aliphatic heterocycles. The number of rotatable bonds is 2. The SMILES string of the molecule is O=C1CCC(C(=O)Nc2ccc(O)c(F)c2)N1. The molecule has 1 heterocycles. The van der Waals surface area contributed by atoms with Crippen LogP contribution in [0.4, 0.5) is 10.1 Å². The Labute approximate surface area is 96.6 Å². The standard InChI is InChI=1S/C11H11FN2O3/c12-7-5-6(1-3-9(7)15)13-11(17)8-2-4-10(16)14-8/h1,3,5,8,15H,2,4H2,(H,13,17)(H,14,16). The lowest BCUT2D eigenvalue weighted by molar-refractivity contribution is -0.122. The van der Waals surface area contributed by atoms with Crippen LogP contribution in [0, 0.1) is 5.82 Å². The first-order valence-corrected chi connectivity index (χ1v) is 5.15. The lowest BCUT2D eigenvalue weighted by Crippen LogP contribution is -2.37. The molecule has 1 unspecified atom stereocenters. The molecule has 2 amide bonds. The minimum Gasteiger partial charge on any atom is -0.505 e. The van der Waals surface area contributed by atoms with Crippen LogP contribution in [0.2, 0.25) is 0 Å². The molecule has 1 atom stereocenters. The van der Waals surface area contributed by atoms with Gasteiger partial charge in [0.2, 0.25) is 11.8 Å². The summed E-state index contributed by atoms with van der Waals surface area (Å²) in [7, 11) is 0. The van der Waals surface area contributed by atoms with Gasteiger partial charge in [-0.1, -0.05) is 0 Å². The third-order valence-corrected chi connectivity index (χ3v) is 2.53. The van der Waals surface area contributed by atoms with Gasteiger partial charge < -0.3 is 15.7 Å². The van der Waals surface area contributed by atoms with Crippen LogP contribution in [0.3, 0.4) is 0 Å². The number of benzene rings is 1. The summed E-state index contributed by atoms with van der Waals surface area (Å²) >= 11 is 0. The van der Waals surface area contributed by atoms with Crippen LogP contribution in [-0.4, -0.2) is 23.0 Å². The van der Waals surface area contributed by atoms with E-state index in [1.54, 1.807) is 0 Å². The number of halogens is 1. The number of amides is 2. The van der Waals surface area contributed by atoms with Crippen LogP contribution in [0.5, 0.6) is 5.75 Å². The van der Waals surface area contributed by atoms with Crippen LogP contribution in [0.25, 0.3) is 0 Å². The Bertz CT molecular complexity index is 476. The smallest absolute Gasteiger partial charge is 0.246 e. The van der Waals surface area contributed by atoms with Crippen molar-refractivity contribution in [3.63, 3.8) is 0 Å². The van der Waals surface area contributed by atoms with Crippen molar-refractivity contribution in [2.45, 2.75) is 18.9 Å². The number of anilines is 1. The molecule has 1 aromatic carbocycles. The summed E-state index contributed by atoms with van der Waals surface area (Å²) in [6.45, 7) is 0. The molecule has 0 bridgehead atoms. The third kappa shape index (κ3) is 2.52. The van der Waals surface area contributed by atoms with E-state index in [0.717, 1.165) is 12.1 Å². The van der Waals surface area contributed by atoms with Gasteiger partial charge in [-0.05, 0) is 18.6 Å². The van der Waals surface area contributed by atoms with Crippen molar-refractivity contribution in [2.75, 3.05) is 5.32 Å². The van der Waals surface area contributed by atoms with Crippen molar-refractivity contribution >= 4 is 17.5 Å². The molecule has 2 rings (SSSR count). The maximum absolute atomic E-state index is 13.0. The number of hydrogen-bond donors (Lipinski definition) is 3. The largest absolute Gasteiger partial charge is 0.505 e. The Morgan fingerprint density at radius 1 is 1.53 bits per heavy atom. The molecule has 17 heavy (non-hydrogen) atoms. The molecule has 0 radical (unpaired) electrons. The van der Waals surface area contributed by atoms with Gasteiger partial charge in [-0.25, -0.2) is 4.39 Å². The van der Waals surface area contributed by atoms with Crippen molar-refractivity contribution < 1.29 is 19.1 Å². The van der Waals surface area contributed by atoms with Gasteiger partial charge in [-0.3, -0.25) is 9.59 Å². The fraction of sp³-hybridized carbons (Fsp3) is 0.273. The highest BCUT2D eigenvalue weighted by Gasteiger charge is 2.27. The van der Waals surface area contributed by atoms with Gasteiger partial charge in [0.05, 0.1) is 0 Å². The van der Waals surface area contributed by atoms with Crippen LogP contribution in [0.15, 0.2) is 18.2 Å². The Morgan fingerprint density at radius 3 is 2.88 bits per heavy atom. The van der Waals surface area contributed by atoms with Gasteiger partial charge in [0.15, 0.2) is 11.6 Å². The minimum atomic E-state index is -0.807. The van der Waals surface area contributed by atoms with E-state index in [9.17, 15) is 14.0 Å². The monoisotopic (exact) mass is 238 g/mol. The maximum atomic E-state index is 13.0. The molecule has 3 N–H and O–H groups in total. The highest BCUT2D eigenvalue weighted by molar-refractivity contribution is 5.98. The topological polar surface area (TPSA) is 78.4 Å². The van der Waals surface area contributed by atoms with E-state index in [0.29, 0.717) is 12.8 Å². The van der Waals surface area contributed by atoms with Crippen molar-refractivity contribution in [1.29, 1.82) is 0 Å². The summed E-state index contributed by atoms with van der Waals surface area (Å²) in [5.74, 6) is -1.83. The quantitative estimate of drug-likeness (QED) is 0.665. The zero-order valence-electron chi connectivity index (χ0n) is 8.87. The van der Waals surface area contributed by atoms with Gasteiger partial charge >= 0.3 is 0 Å². The molecule has 90 valence electrons. The second-order valence-corrected chi connectivity index (χ2v) is 3.81. The second-order valence-electron chi connectivity index (χ2n) is 3.81. The van der Waals surface area contributed by atoms with Gasteiger partial charge in [-0.15, -0.1) is 0 Å². The van der Waals surface area contributed by atoms with Gasteiger partial charge in [0.1, 0.15) is 6.04 Å². The summed E-state index contributed by atoms with van der Waals surface area (Å²) in [4.78, 5) is 22.6. The number of phenols is 1. The molecular weight excluding hydrogens is 227 g/mol. The maximum Gasteiger partial charge on any atom is 0.246 e. The molecule has 0 spiro atoms. The molecule has 1 fully saturated rings. The fourth-order valence-corrected chi connectivity index (χ4v) is 1.62. The predicted molar refractivity (Wildman–Crippen MR) is 57.9 cm³/mol. The van der Waals surface area contributed by atoms with Crippen molar-refractivity contribution in [3.05, 3.63) is 24.0 Å². The van der Waals surface area contributed by atoms with Gasteiger partial charge in [-0.2, -0.15) is 0 Å². The highest BCUT2D eigenvalue weighted by atomic mass is 19.1. The first kappa shape index (κ1) is 11.4. The number of nitrogens with one attached hydrogen (secondary N) is 2. The zero-order chi connectivity index (χ0) is 12.4. The van der Waals surface area contributed by atoms with Gasteiger partial charge in [0.25, 0.3) is 0 Å². The Hall–Kier alpha value is -2.11. The molecule has 1 saturated heterocycles. The molecule has 0 aromatic heterocycles. The molecular formula is C11H11FN2O3. The normalized spacial score (nSPS) is 18.9. The molecule has 6 heteroatoms. The molecule has 1 aliphatic rings. The molecule has 5 nitrogen and oxygen atoms in total. The summed E-state index contributed by atoms with van der Waals surface area (Å²) in [6.07, 6.45) is 0.757. The number of hydrogen-bond acceptors (Lipinski definition) is 3. The van der Waals surface area contributed by atoms with E-state index in [1.807, 2.05) is 0 Å². The van der Waals surface area contributed by atoms with Crippen molar-refractivity contribution in [2.24, 2.45) is 0 Å². The number of aromatic hydroxyl groups is 1. The summed E-state index contributed by atoms with van der Waals surface area (Å²) in [5, 5.41) is 14.0. The molecule has 1 aromatic rings. The summed E-state index contributed by atoms with van der Waals surface area (Å²) in [6, 6.07) is 2.98. The molecule has 0 saturated carbocycles. The Morgan fingerprint density at radius 2 is 2.29 bits per heavy atom. The highest BCUT2D eigenvalue weighted by Crippen LogP contribution is 2.20. The lowest BCUT2D eigenvalue weighted by atomic mass is 10.2. The van der Waals surface area contributed by atoms with Gasteiger partial charge in [0, 0.05) is 18.2 Å². The van der Waals surface area contributed by atoms with Crippen LogP contribution < -0.4 is 10.6 Å². The van der Waals surface area contributed by atoms with Crippen LogP contribution in [-0.2, 0) is 9.59 Å². The number of carbonyl (C=O) groups is 2. The van der Waals surface area contributed by atoms with E-state index in [4.69, 9.17) is 5.11 Å². The van der Waals surface area contributed by atoms with E-state index < -0.39 is 17.6 Å². The zero-order valence-corrected chi connectivity index (χ0v) is 8.87. The number of carbonyl (C=O) groups excluding carboxylic acids is 2. The minimum absolute atomic E-state index is 0.165. The number of phenolic OH excluding ortho intramolecular Hbond substituents is 1. The van der Waals surface area contributed by atoms with Crippen molar-refractivity contribution in [1.82, 2.24) is 5.32 Å². The van der Waals surface area contributed by atoms with E-state index in [2.05, 4.69) is 10.6 Å². The molecule has 0 aliphatic carbocycles.